The first-order valence-electron chi connectivity index (χ1n) is 4.54. The van der Waals surface area contributed by atoms with E-state index in [4.69, 9.17) is 11.6 Å². The van der Waals surface area contributed by atoms with Gasteiger partial charge in [-0.05, 0) is 19.1 Å². The summed E-state index contributed by atoms with van der Waals surface area (Å²) in [6, 6.07) is 8.07. The van der Waals surface area contributed by atoms with Crippen molar-refractivity contribution in [2.75, 3.05) is 0 Å². The molecule has 0 aliphatic rings. The van der Waals surface area contributed by atoms with E-state index in [1.807, 2.05) is 0 Å². The molecule has 0 amide bonds. The summed E-state index contributed by atoms with van der Waals surface area (Å²) in [4.78, 5) is 0.184. The first-order valence-corrected chi connectivity index (χ1v) is 6.40. The van der Waals surface area contributed by atoms with Crippen molar-refractivity contribution < 1.29 is 8.42 Å². The first kappa shape index (κ1) is 11.2. The fourth-order valence-corrected chi connectivity index (χ4v) is 2.97. The van der Waals surface area contributed by atoms with Crippen LogP contribution in [0.2, 0.25) is 5.02 Å². The molecule has 1 N–H and O–H groups in total. The number of halogens is 1. The van der Waals surface area contributed by atoms with Crippen LogP contribution in [-0.4, -0.2) is 18.6 Å². The van der Waals surface area contributed by atoms with Gasteiger partial charge in [0.25, 0.3) is 0 Å². The third-order valence-electron chi connectivity index (χ3n) is 2.15. The van der Waals surface area contributed by atoms with Gasteiger partial charge in [-0.1, -0.05) is 29.8 Å². The Labute approximate surface area is 98.2 Å². The van der Waals surface area contributed by atoms with Crippen molar-refractivity contribution >= 4 is 21.4 Å². The van der Waals surface area contributed by atoms with E-state index in [1.165, 1.54) is 12.1 Å². The zero-order valence-electron chi connectivity index (χ0n) is 8.44. The largest absolute Gasteiger partial charge is 0.280 e. The first-order chi connectivity index (χ1) is 7.53. The molecule has 0 atom stereocenters. The smallest absolute Gasteiger partial charge is 0.227 e. The number of nitrogens with zero attached hydrogens (tertiary/aromatic N) is 1. The van der Waals surface area contributed by atoms with Crippen LogP contribution in [0.4, 0.5) is 0 Å². The van der Waals surface area contributed by atoms with Crippen LogP contribution in [-0.2, 0) is 9.84 Å². The molecular weight excluding hydrogens is 248 g/mol. The number of aromatic nitrogens is 2. The van der Waals surface area contributed by atoms with Crippen LogP contribution >= 0.6 is 11.6 Å². The minimum atomic E-state index is -3.62. The lowest BCUT2D eigenvalue weighted by molar-refractivity contribution is 0.592. The van der Waals surface area contributed by atoms with Crippen LogP contribution in [0, 0.1) is 6.92 Å². The number of benzene rings is 1. The summed E-state index contributed by atoms with van der Waals surface area (Å²) in [6.45, 7) is 1.67. The Balaban J connectivity index is 2.61. The molecule has 0 fully saturated rings. The minimum Gasteiger partial charge on any atom is -0.280 e. The minimum absolute atomic E-state index is 0.127. The van der Waals surface area contributed by atoms with Gasteiger partial charge in [0, 0.05) is 0 Å². The number of H-pyrrole nitrogens is 1. The Bertz CT molecular complexity index is 605. The van der Waals surface area contributed by atoms with Crippen LogP contribution in [0.3, 0.4) is 0 Å². The van der Waals surface area contributed by atoms with Crippen molar-refractivity contribution in [2.45, 2.75) is 16.8 Å². The highest BCUT2D eigenvalue weighted by molar-refractivity contribution is 7.91. The molecule has 0 saturated carbocycles. The van der Waals surface area contributed by atoms with Gasteiger partial charge in [-0.15, -0.1) is 0 Å². The average Bonchev–Trinajstić information content (AvgIpc) is 2.61. The van der Waals surface area contributed by atoms with Crippen molar-refractivity contribution in [3.05, 3.63) is 41.0 Å². The van der Waals surface area contributed by atoms with Gasteiger partial charge in [0.15, 0.2) is 5.03 Å². The van der Waals surface area contributed by atoms with E-state index in [0.29, 0.717) is 5.69 Å². The van der Waals surface area contributed by atoms with E-state index >= 15 is 0 Å². The predicted octanol–water partition coefficient (Wildman–Crippen LogP) is 2.20. The van der Waals surface area contributed by atoms with E-state index < -0.39 is 9.84 Å². The molecule has 0 unspecified atom stereocenters. The van der Waals surface area contributed by atoms with Crippen molar-refractivity contribution in [1.29, 1.82) is 0 Å². The standard InChI is InChI=1S/C10H9ClN2O2S/c1-7-9(11)10(13-12-7)16(14,15)8-5-3-2-4-6-8/h2-6H,1H3,(H,12,13). The molecule has 2 rings (SSSR count). The van der Waals surface area contributed by atoms with Crippen molar-refractivity contribution in [3.8, 4) is 0 Å². The maximum absolute atomic E-state index is 12.1. The van der Waals surface area contributed by atoms with Crippen LogP contribution in [0.5, 0.6) is 0 Å². The fraction of sp³-hybridized carbons (Fsp3) is 0.100. The molecule has 16 heavy (non-hydrogen) atoms. The third-order valence-corrected chi connectivity index (χ3v) is 4.42. The average molecular weight is 257 g/mol. The lowest BCUT2D eigenvalue weighted by Crippen LogP contribution is -2.02. The molecule has 0 bridgehead atoms. The molecule has 0 aliphatic heterocycles. The Morgan fingerprint density at radius 2 is 1.88 bits per heavy atom. The molecule has 1 aromatic heterocycles. The maximum Gasteiger partial charge on any atom is 0.227 e. The zero-order valence-corrected chi connectivity index (χ0v) is 10.0. The van der Waals surface area contributed by atoms with Gasteiger partial charge in [0.1, 0.15) is 5.02 Å². The lowest BCUT2D eigenvalue weighted by atomic mass is 10.4. The Kier molecular flexibility index (Phi) is 2.73. The van der Waals surface area contributed by atoms with Crippen LogP contribution in [0.1, 0.15) is 5.69 Å². The SMILES string of the molecule is Cc1[nH]nc(S(=O)(=O)c2ccccc2)c1Cl. The number of hydrogen-bond donors (Lipinski definition) is 1. The summed E-state index contributed by atoms with van der Waals surface area (Å²) in [7, 11) is -3.62. The molecule has 0 spiro atoms. The van der Waals surface area contributed by atoms with Gasteiger partial charge in [-0.25, -0.2) is 8.42 Å². The summed E-state index contributed by atoms with van der Waals surface area (Å²) in [5, 5.41) is 6.29. The van der Waals surface area contributed by atoms with E-state index in [0.717, 1.165) is 0 Å². The number of aromatic amines is 1. The third kappa shape index (κ3) is 1.72. The summed E-state index contributed by atoms with van der Waals surface area (Å²) in [6.07, 6.45) is 0. The van der Waals surface area contributed by atoms with E-state index in [9.17, 15) is 8.42 Å². The molecular formula is C10H9ClN2O2S. The molecule has 1 aromatic carbocycles. The highest BCUT2D eigenvalue weighted by atomic mass is 35.5. The monoisotopic (exact) mass is 256 g/mol. The summed E-state index contributed by atoms with van der Waals surface area (Å²) >= 11 is 5.87. The summed E-state index contributed by atoms with van der Waals surface area (Å²) in [5.41, 5.74) is 0.538. The molecule has 84 valence electrons. The molecule has 0 saturated heterocycles. The number of rotatable bonds is 2. The molecule has 0 aliphatic carbocycles. The van der Waals surface area contributed by atoms with Gasteiger partial charge in [0.05, 0.1) is 10.6 Å². The molecule has 0 radical (unpaired) electrons. The van der Waals surface area contributed by atoms with E-state index in [2.05, 4.69) is 10.2 Å². The van der Waals surface area contributed by atoms with Gasteiger partial charge in [0.2, 0.25) is 9.84 Å². The number of nitrogens with one attached hydrogen (secondary N) is 1. The highest BCUT2D eigenvalue weighted by Crippen LogP contribution is 2.27. The maximum atomic E-state index is 12.1. The summed E-state index contributed by atoms with van der Waals surface area (Å²) in [5.74, 6) is 0. The highest BCUT2D eigenvalue weighted by Gasteiger charge is 2.24. The molecule has 6 heteroatoms. The molecule has 4 nitrogen and oxygen atoms in total. The Hall–Kier alpha value is -1.33. The fourth-order valence-electron chi connectivity index (χ4n) is 1.28. The van der Waals surface area contributed by atoms with Gasteiger partial charge in [-0.3, -0.25) is 5.10 Å². The Morgan fingerprint density at radius 1 is 1.25 bits per heavy atom. The number of hydrogen-bond acceptors (Lipinski definition) is 3. The van der Waals surface area contributed by atoms with E-state index in [-0.39, 0.29) is 14.9 Å². The second kappa shape index (κ2) is 3.92. The molecule has 1 heterocycles. The number of aryl methyl sites for hydroxylation is 1. The van der Waals surface area contributed by atoms with Crippen molar-refractivity contribution in [3.63, 3.8) is 0 Å². The van der Waals surface area contributed by atoms with Gasteiger partial charge < -0.3 is 0 Å². The van der Waals surface area contributed by atoms with Crippen molar-refractivity contribution in [2.24, 2.45) is 0 Å². The normalized spacial score (nSPS) is 11.6. The lowest BCUT2D eigenvalue weighted by Gasteiger charge is -2.00. The van der Waals surface area contributed by atoms with Gasteiger partial charge >= 0.3 is 0 Å². The molecule has 2 aromatic rings. The van der Waals surface area contributed by atoms with Gasteiger partial charge in [-0.2, -0.15) is 5.10 Å². The number of sulfone groups is 1. The van der Waals surface area contributed by atoms with E-state index in [1.54, 1.807) is 25.1 Å². The van der Waals surface area contributed by atoms with Crippen molar-refractivity contribution in [1.82, 2.24) is 10.2 Å². The second-order valence-corrected chi connectivity index (χ2v) is 5.53. The van der Waals surface area contributed by atoms with Crippen LogP contribution in [0.15, 0.2) is 40.3 Å². The predicted molar refractivity (Wildman–Crippen MR) is 60.2 cm³/mol. The zero-order chi connectivity index (χ0) is 11.8. The van der Waals surface area contributed by atoms with Crippen LogP contribution < -0.4 is 0 Å². The summed E-state index contributed by atoms with van der Waals surface area (Å²) < 4.78 is 24.2. The second-order valence-electron chi connectivity index (χ2n) is 3.28. The Morgan fingerprint density at radius 3 is 2.38 bits per heavy atom. The quantitative estimate of drug-likeness (QED) is 0.896. The topological polar surface area (TPSA) is 62.8 Å². The van der Waals surface area contributed by atoms with Crippen LogP contribution in [0.25, 0.3) is 0 Å².